The molecule has 0 saturated heterocycles. The van der Waals surface area contributed by atoms with Crippen molar-refractivity contribution in [3.05, 3.63) is 29.8 Å². The maximum atomic E-state index is 10.8. The molecular weight excluding hydrogens is 332 g/mol. The first-order chi connectivity index (χ1) is 11.4. The van der Waals surface area contributed by atoms with E-state index in [-0.39, 0.29) is 18.9 Å². The summed E-state index contributed by atoms with van der Waals surface area (Å²) >= 11 is 1.21. The Labute approximate surface area is 145 Å². The average Bonchev–Trinajstić information content (AvgIpc) is 2.54. The summed E-state index contributed by atoms with van der Waals surface area (Å²) in [6, 6.07) is 7.10. The van der Waals surface area contributed by atoms with E-state index in [1.54, 1.807) is 24.3 Å². The lowest BCUT2D eigenvalue weighted by Gasteiger charge is -2.18. The maximum absolute atomic E-state index is 10.8. The number of aliphatic carboxylic acids is 1. The fraction of sp³-hybridized carbons (Fsp3) is 0.400. The third-order valence-electron chi connectivity index (χ3n) is 3.04. The van der Waals surface area contributed by atoms with Crippen molar-refractivity contribution in [3.63, 3.8) is 0 Å². The van der Waals surface area contributed by atoms with Gasteiger partial charge < -0.3 is 25.5 Å². The first-order valence-electron chi connectivity index (χ1n) is 7.16. The summed E-state index contributed by atoms with van der Waals surface area (Å²) in [6.07, 6.45) is 0.236. The van der Waals surface area contributed by atoms with E-state index in [9.17, 15) is 4.79 Å². The average molecular weight is 354 g/mol. The van der Waals surface area contributed by atoms with Crippen molar-refractivity contribution in [3.8, 4) is 5.75 Å². The van der Waals surface area contributed by atoms with Crippen LogP contribution in [0.15, 0.2) is 34.5 Å². The number of hydrogen-bond acceptors (Lipinski definition) is 7. The highest BCUT2D eigenvalue weighted by Crippen LogP contribution is 2.14. The number of carbonyl (C=O) groups is 1. The zero-order valence-electron chi connectivity index (χ0n) is 13.5. The Kier molecular flexibility index (Phi) is 8.24. The molecule has 0 aliphatic rings. The van der Waals surface area contributed by atoms with Gasteiger partial charge in [0.15, 0.2) is 5.84 Å². The molecular formula is C15H22N4O4S. The molecule has 0 saturated carbocycles. The van der Waals surface area contributed by atoms with E-state index in [0.717, 1.165) is 5.56 Å². The highest BCUT2D eigenvalue weighted by atomic mass is 32.2. The molecule has 1 rings (SSSR count). The van der Waals surface area contributed by atoms with Gasteiger partial charge in [-0.1, -0.05) is 0 Å². The highest BCUT2D eigenvalue weighted by Gasteiger charge is 2.27. The molecule has 0 fully saturated rings. The molecule has 1 unspecified atom stereocenters. The topological polar surface area (TPSA) is 133 Å². The molecule has 0 aliphatic heterocycles. The first kappa shape index (κ1) is 19.9. The number of carboxylic acids is 1. The van der Waals surface area contributed by atoms with E-state index in [2.05, 4.69) is 16.9 Å². The van der Waals surface area contributed by atoms with Crippen LogP contribution >= 0.6 is 12.0 Å². The largest absolute Gasteiger partial charge is 0.493 e. The Hall–Kier alpha value is -2.10. The molecule has 1 aromatic rings. The Bertz CT molecular complexity index is 575. The van der Waals surface area contributed by atoms with Crippen molar-refractivity contribution in [2.24, 2.45) is 21.7 Å². The number of nitrogens with two attached hydrogens (primary N) is 2. The van der Waals surface area contributed by atoms with Crippen LogP contribution in [0.2, 0.25) is 0 Å². The van der Waals surface area contributed by atoms with Gasteiger partial charge in [0.1, 0.15) is 11.3 Å². The van der Waals surface area contributed by atoms with Gasteiger partial charge >= 0.3 is 5.97 Å². The predicted octanol–water partition coefficient (Wildman–Crippen LogP) is 1.24. The highest BCUT2D eigenvalue weighted by molar-refractivity contribution is 7.94. The summed E-state index contributed by atoms with van der Waals surface area (Å²) < 4.78 is 10.8. The van der Waals surface area contributed by atoms with Crippen LogP contribution in [-0.4, -0.2) is 48.1 Å². The van der Waals surface area contributed by atoms with Crippen LogP contribution in [0, 0.1) is 0 Å². The Morgan fingerprint density at radius 1 is 1.38 bits per heavy atom. The second-order valence-electron chi connectivity index (χ2n) is 5.12. The minimum absolute atomic E-state index is 0.236. The molecule has 0 amide bonds. The smallest absolute Gasteiger partial charge is 0.323 e. The van der Waals surface area contributed by atoms with Gasteiger partial charge in [0.2, 0.25) is 0 Å². The lowest BCUT2D eigenvalue weighted by atomic mass is 10.0. The van der Waals surface area contributed by atoms with Gasteiger partial charge in [-0.3, -0.25) is 4.79 Å². The second-order valence-corrected chi connectivity index (χ2v) is 6.00. The number of amidine groups is 1. The first-order valence-corrected chi connectivity index (χ1v) is 8.07. The van der Waals surface area contributed by atoms with Gasteiger partial charge in [-0.2, -0.15) is 5.10 Å². The molecule has 0 aromatic heterocycles. The van der Waals surface area contributed by atoms with Crippen LogP contribution in [0.4, 0.5) is 0 Å². The molecule has 1 atom stereocenters. The summed E-state index contributed by atoms with van der Waals surface area (Å²) in [7, 11) is 0. The molecule has 9 heteroatoms. The van der Waals surface area contributed by atoms with Crippen LogP contribution < -0.4 is 16.2 Å². The molecule has 132 valence electrons. The quantitative estimate of drug-likeness (QED) is 0.179. The van der Waals surface area contributed by atoms with Crippen molar-refractivity contribution < 1.29 is 18.8 Å². The molecule has 0 bridgehead atoms. The number of hydrogen-bond donors (Lipinski definition) is 3. The summed E-state index contributed by atoms with van der Waals surface area (Å²) in [5, 5.41) is 15.9. The molecule has 0 aliphatic carbocycles. The van der Waals surface area contributed by atoms with Crippen molar-refractivity contribution in [1.82, 2.24) is 0 Å². The van der Waals surface area contributed by atoms with E-state index >= 15 is 0 Å². The summed E-state index contributed by atoms with van der Waals surface area (Å²) in [6.45, 7) is 5.41. The van der Waals surface area contributed by atoms with Crippen LogP contribution in [-0.2, 0) is 8.98 Å². The maximum Gasteiger partial charge on any atom is 0.323 e. The summed E-state index contributed by atoms with van der Waals surface area (Å²) in [4.78, 5) is 10.8. The molecule has 0 spiro atoms. The third-order valence-corrected chi connectivity index (χ3v) is 3.71. The van der Waals surface area contributed by atoms with Gasteiger partial charge in [-0.05, 0) is 43.2 Å². The minimum Gasteiger partial charge on any atom is -0.493 e. The third kappa shape index (κ3) is 6.99. The monoisotopic (exact) mass is 354 g/mol. The minimum atomic E-state index is -1.27. The molecule has 8 nitrogen and oxygen atoms in total. The van der Waals surface area contributed by atoms with E-state index in [4.69, 9.17) is 25.5 Å². The Morgan fingerprint density at radius 2 is 2.04 bits per heavy atom. The number of ether oxygens (including phenoxy) is 1. The summed E-state index contributed by atoms with van der Waals surface area (Å²) in [5.74, 6) is 0.533. The SMILES string of the molecule is C=N/N=C(\N)c1ccc(OCCSOCCC(C)(N)C(=O)O)cc1. The summed E-state index contributed by atoms with van der Waals surface area (Å²) in [5.41, 5.74) is 10.7. The van der Waals surface area contributed by atoms with E-state index < -0.39 is 11.5 Å². The zero-order valence-corrected chi connectivity index (χ0v) is 14.3. The van der Waals surface area contributed by atoms with E-state index in [0.29, 0.717) is 18.1 Å². The van der Waals surface area contributed by atoms with Gasteiger partial charge in [0.25, 0.3) is 0 Å². The van der Waals surface area contributed by atoms with Crippen LogP contribution in [0.1, 0.15) is 18.9 Å². The fourth-order valence-electron chi connectivity index (χ4n) is 1.53. The second kappa shape index (κ2) is 9.91. The van der Waals surface area contributed by atoms with Crippen molar-refractivity contribution in [2.45, 2.75) is 18.9 Å². The van der Waals surface area contributed by atoms with Gasteiger partial charge in [0.05, 0.1) is 19.0 Å². The number of nitrogens with zero attached hydrogens (tertiary/aromatic N) is 2. The standard InChI is InChI=1S/C15H22N4O4S/c1-15(17,14(20)21)7-8-23-24-10-9-22-12-5-3-11(4-6-12)13(16)19-18-2/h3-6H,2,7-10,17H2,1H3,(H2,16,19)(H,20,21). The fourth-order valence-corrected chi connectivity index (χ4v) is 2.00. The van der Waals surface area contributed by atoms with Crippen molar-refractivity contribution in [1.29, 1.82) is 0 Å². The van der Waals surface area contributed by atoms with Gasteiger partial charge in [0, 0.05) is 18.7 Å². The molecule has 1 aromatic carbocycles. The Balaban J connectivity index is 2.21. The number of carboxylic acid groups (broad SMARTS) is 1. The van der Waals surface area contributed by atoms with Crippen LogP contribution in [0.3, 0.4) is 0 Å². The van der Waals surface area contributed by atoms with Crippen molar-refractivity contribution in [2.75, 3.05) is 19.0 Å². The molecule has 0 heterocycles. The van der Waals surface area contributed by atoms with E-state index in [1.807, 2.05) is 0 Å². The number of rotatable bonds is 11. The van der Waals surface area contributed by atoms with Gasteiger partial charge in [-0.25, -0.2) is 0 Å². The van der Waals surface area contributed by atoms with Crippen molar-refractivity contribution >= 4 is 30.6 Å². The molecule has 24 heavy (non-hydrogen) atoms. The zero-order chi connectivity index (χ0) is 18.0. The van der Waals surface area contributed by atoms with E-state index in [1.165, 1.54) is 19.0 Å². The normalized spacial score (nSPS) is 14.0. The Morgan fingerprint density at radius 3 is 2.62 bits per heavy atom. The van der Waals surface area contributed by atoms with Crippen LogP contribution in [0.5, 0.6) is 5.75 Å². The van der Waals surface area contributed by atoms with Gasteiger partial charge in [-0.15, -0.1) is 5.10 Å². The lowest BCUT2D eigenvalue weighted by Crippen LogP contribution is -2.45. The predicted molar refractivity (Wildman–Crippen MR) is 95.5 cm³/mol. The number of benzene rings is 1. The lowest BCUT2D eigenvalue weighted by molar-refractivity contribution is -0.143. The van der Waals surface area contributed by atoms with Crippen LogP contribution in [0.25, 0.3) is 0 Å². The molecule has 5 N–H and O–H groups in total. The molecule has 0 radical (unpaired) electrons.